The van der Waals surface area contributed by atoms with E-state index in [0.717, 1.165) is 16.8 Å². The Hall–Kier alpha value is -4.28. The van der Waals surface area contributed by atoms with Gasteiger partial charge < -0.3 is 14.8 Å². The van der Waals surface area contributed by atoms with Gasteiger partial charge in [0.2, 0.25) is 16.0 Å². The van der Waals surface area contributed by atoms with Crippen LogP contribution in [-0.4, -0.2) is 58.4 Å². The summed E-state index contributed by atoms with van der Waals surface area (Å²) in [5, 5.41) is 3.47. The second-order valence-corrected chi connectivity index (χ2v) is 11.9. The number of aryl methyl sites for hydroxylation is 1. The molecule has 0 atom stereocenters. The lowest BCUT2D eigenvalue weighted by molar-refractivity contribution is 0.382. The second kappa shape index (κ2) is 11.1. The maximum Gasteiger partial charge on any atom is 0.243 e. The molecule has 0 saturated carbocycles. The summed E-state index contributed by atoms with van der Waals surface area (Å²) < 4.78 is 29.8. The summed E-state index contributed by atoms with van der Waals surface area (Å²) in [4.78, 5) is 16.9. The minimum Gasteiger partial charge on any atom is -0.364 e. The molecule has 1 aliphatic rings. The molecule has 0 aliphatic carbocycles. The fourth-order valence-electron chi connectivity index (χ4n) is 4.85. The van der Waals surface area contributed by atoms with E-state index in [9.17, 15) is 8.42 Å². The predicted molar refractivity (Wildman–Crippen MR) is 157 cm³/mol. The van der Waals surface area contributed by atoms with E-state index in [2.05, 4.69) is 53.6 Å². The van der Waals surface area contributed by atoms with Crippen molar-refractivity contribution in [2.45, 2.75) is 24.9 Å². The Kier molecular flexibility index (Phi) is 7.19. The first-order chi connectivity index (χ1) is 19.5. The van der Waals surface area contributed by atoms with E-state index >= 15 is 0 Å². The number of nitrogens with zero attached hydrogens (tertiary/aromatic N) is 6. The molecule has 1 aliphatic heterocycles. The monoisotopic (exact) mass is 553 g/mol. The second-order valence-electron chi connectivity index (χ2n) is 9.95. The highest BCUT2D eigenvalue weighted by atomic mass is 32.2. The van der Waals surface area contributed by atoms with Crippen LogP contribution < -0.4 is 10.2 Å². The van der Waals surface area contributed by atoms with Crippen molar-refractivity contribution in [1.29, 1.82) is 0 Å². The van der Waals surface area contributed by atoms with Crippen LogP contribution >= 0.6 is 0 Å². The molecule has 0 bridgehead atoms. The molecule has 1 saturated heterocycles. The molecule has 40 heavy (non-hydrogen) atoms. The number of fused-ring (bicyclic) bond motifs is 1. The molecule has 3 heterocycles. The number of piperazine rings is 1. The Morgan fingerprint density at radius 2 is 1.48 bits per heavy atom. The van der Waals surface area contributed by atoms with Crippen LogP contribution in [0.15, 0.2) is 96.2 Å². The van der Waals surface area contributed by atoms with Crippen molar-refractivity contribution < 1.29 is 8.42 Å². The molecule has 204 valence electrons. The fraction of sp³-hybridized carbons (Fsp3) is 0.233. The summed E-state index contributed by atoms with van der Waals surface area (Å²) >= 11 is 0. The Labute approximate surface area is 234 Å². The Morgan fingerprint density at radius 1 is 0.800 bits per heavy atom. The van der Waals surface area contributed by atoms with Crippen LogP contribution in [0.5, 0.6) is 0 Å². The lowest BCUT2D eigenvalue weighted by Gasteiger charge is -2.34. The van der Waals surface area contributed by atoms with Gasteiger partial charge in [0, 0.05) is 32.7 Å². The number of anilines is 2. The zero-order chi connectivity index (χ0) is 27.5. The van der Waals surface area contributed by atoms with E-state index in [1.807, 2.05) is 33.7 Å². The highest BCUT2D eigenvalue weighted by molar-refractivity contribution is 7.89. The molecule has 0 spiro atoms. The normalized spacial score (nSPS) is 14.5. The number of aromatic nitrogens is 4. The first-order valence-electron chi connectivity index (χ1n) is 13.3. The third kappa shape index (κ3) is 5.41. The van der Waals surface area contributed by atoms with E-state index < -0.39 is 10.0 Å². The molecule has 9 nitrogen and oxygen atoms in total. The first-order valence-corrected chi connectivity index (χ1v) is 14.8. The van der Waals surface area contributed by atoms with Crippen LogP contribution in [0.25, 0.3) is 11.2 Å². The summed E-state index contributed by atoms with van der Waals surface area (Å²) in [6.45, 7) is 4.99. The summed E-state index contributed by atoms with van der Waals surface area (Å²) in [5.74, 6) is 1.22. The maximum atomic E-state index is 13.1. The topological polar surface area (TPSA) is 96.2 Å². The Balaban J connectivity index is 1.28. The maximum absolute atomic E-state index is 13.1. The molecule has 6 rings (SSSR count). The number of nitrogens with one attached hydrogen (secondary N) is 1. The van der Waals surface area contributed by atoms with Crippen molar-refractivity contribution in [2.75, 3.05) is 36.4 Å². The minimum atomic E-state index is -3.55. The molecular weight excluding hydrogens is 522 g/mol. The quantitative estimate of drug-likeness (QED) is 0.306. The third-order valence-electron chi connectivity index (χ3n) is 7.13. The molecule has 10 heteroatoms. The van der Waals surface area contributed by atoms with E-state index in [-0.39, 0.29) is 0 Å². The molecule has 0 amide bonds. The van der Waals surface area contributed by atoms with Crippen molar-refractivity contribution in [2.24, 2.45) is 0 Å². The van der Waals surface area contributed by atoms with E-state index in [1.165, 1.54) is 9.87 Å². The lowest BCUT2D eigenvalue weighted by Crippen LogP contribution is -2.49. The molecule has 1 N–H and O–H groups in total. The van der Waals surface area contributed by atoms with Crippen molar-refractivity contribution in [3.8, 4) is 0 Å². The fourth-order valence-corrected chi connectivity index (χ4v) is 6.30. The molecule has 1 fully saturated rings. The molecule has 3 aromatic carbocycles. The van der Waals surface area contributed by atoms with Crippen molar-refractivity contribution >= 4 is 33.0 Å². The van der Waals surface area contributed by atoms with Gasteiger partial charge in [-0.1, -0.05) is 78.4 Å². The summed E-state index contributed by atoms with van der Waals surface area (Å²) in [6, 6.07) is 27.2. The van der Waals surface area contributed by atoms with Gasteiger partial charge in [-0.15, -0.1) is 0 Å². The highest BCUT2D eigenvalue weighted by Gasteiger charge is 2.30. The summed E-state index contributed by atoms with van der Waals surface area (Å²) in [5.41, 5.74) is 4.94. The van der Waals surface area contributed by atoms with Gasteiger partial charge in [-0.25, -0.2) is 13.4 Å². The molecular formula is C30H31N7O2S. The smallest absolute Gasteiger partial charge is 0.243 e. The van der Waals surface area contributed by atoms with Gasteiger partial charge in [-0.3, -0.25) is 0 Å². The van der Waals surface area contributed by atoms with Crippen LogP contribution in [0, 0.1) is 6.92 Å². The van der Waals surface area contributed by atoms with Crippen LogP contribution in [0.2, 0.25) is 0 Å². The van der Waals surface area contributed by atoms with Gasteiger partial charge in [0.15, 0.2) is 17.0 Å². The first kappa shape index (κ1) is 26.0. The molecule has 2 aromatic heterocycles. The number of imidazole rings is 1. The standard InChI is InChI=1S/C30H31N7O2S/c1-23-12-14-24(15-13-23)20-31-28-27-29(36(22-32-27)21-25-8-4-2-5-9-25)34-30(33-28)35-16-18-37(19-17-35)40(38,39)26-10-6-3-7-11-26/h2-15,22H,16-21H2,1H3,(H,31,33,34). The van der Waals surface area contributed by atoms with Gasteiger partial charge in [-0.2, -0.15) is 14.3 Å². The Morgan fingerprint density at radius 3 is 2.17 bits per heavy atom. The van der Waals surface area contributed by atoms with Gasteiger partial charge in [0.25, 0.3) is 0 Å². The number of sulfonamides is 1. The van der Waals surface area contributed by atoms with Gasteiger partial charge in [0.1, 0.15) is 0 Å². The summed E-state index contributed by atoms with van der Waals surface area (Å²) in [6.07, 6.45) is 1.80. The zero-order valence-corrected chi connectivity index (χ0v) is 23.1. The van der Waals surface area contributed by atoms with E-state index in [0.29, 0.717) is 61.4 Å². The Bertz CT molecular complexity index is 1700. The van der Waals surface area contributed by atoms with E-state index in [1.54, 1.807) is 30.6 Å². The number of hydrogen-bond acceptors (Lipinski definition) is 7. The minimum absolute atomic E-state index is 0.313. The van der Waals surface area contributed by atoms with Crippen molar-refractivity contribution in [3.63, 3.8) is 0 Å². The van der Waals surface area contributed by atoms with Gasteiger partial charge >= 0.3 is 0 Å². The predicted octanol–water partition coefficient (Wildman–Crippen LogP) is 4.31. The van der Waals surface area contributed by atoms with Crippen molar-refractivity contribution in [3.05, 3.63) is 108 Å². The lowest BCUT2D eigenvalue weighted by atomic mass is 10.1. The number of benzene rings is 3. The van der Waals surface area contributed by atoms with Gasteiger partial charge in [-0.05, 0) is 30.2 Å². The van der Waals surface area contributed by atoms with Crippen LogP contribution in [0.3, 0.4) is 0 Å². The third-order valence-corrected chi connectivity index (χ3v) is 9.04. The zero-order valence-electron chi connectivity index (χ0n) is 22.3. The average molecular weight is 554 g/mol. The van der Waals surface area contributed by atoms with E-state index in [4.69, 9.17) is 9.97 Å². The van der Waals surface area contributed by atoms with Crippen molar-refractivity contribution in [1.82, 2.24) is 23.8 Å². The molecule has 5 aromatic rings. The van der Waals surface area contributed by atoms with Crippen LogP contribution in [0.1, 0.15) is 16.7 Å². The average Bonchev–Trinajstić information content (AvgIpc) is 3.40. The highest BCUT2D eigenvalue weighted by Crippen LogP contribution is 2.26. The number of rotatable bonds is 8. The summed E-state index contributed by atoms with van der Waals surface area (Å²) in [7, 11) is -3.55. The van der Waals surface area contributed by atoms with Crippen LogP contribution in [-0.2, 0) is 23.1 Å². The molecule has 0 radical (unpaired) electrons. The largest absolute Gasteiger partial charge is 0.364 e. The SMILES string of the molecule is Cc1ccc(CNc2nc(N3CCN(S(=O)(=O)c4ccccc4)CC3)nc3c2ncn3Cc2ccccc2)cc1. The number of hydrogen-bond donors (Lipinski definition) is 1. The molecule has 0 unspecified atom stereocenters. The van der Waals surface area contributed by atoms with Crippen LogP contribution in [0.4, 0.5) is 11.8 Å². The van der Waals surface area contributed by atoms with Gasteiger partial charge in [0.05, 0.1) is 17.8 Å².